The van der Waals surface area contributed by atoms with E-state index in [1.165, 1.54) is 12.8 Å². The van der Waals surface area contributed by atoms with Gasteiger partial charge >= 0.3 is 0 Å². The van der Waals surface area contributed by atoms with Gasteiger partial charge in [0.2, 0.25) is 5.88 Å². The molecule has 17 heavy (non-hydrogen) atoms. The van der Waals surface area contributed by atoms with Gasteiger partial charge in [-0.15, -0.1) is 0 Å². The third-order valence-electron chi connectivity index (χ3n) is 4.13. The van der Waals surface area contributed by atoms with Gasteiger partial charge in [-0.1, -0.05) is 0 Å². The quantitative estimate of drug-likeness (QED) is 0.844. The zero-order valence-corrected chi connectivity index (χ0v) is 10.2. The number of anilines is 1. The van der Waals surface area contributed by atoms with Crippen LogP contribution in [0.2, 0.25) is 0 Å². The third kappa shape index (κ3) is 1.97. The van der Waals surface area contributed by atoms with Crippen LogP contribution in [0.25, 0.3) is 0 Å². The summed E-state index contributed by atoms with van der Waals surface area (Å²) in [5, 5.41) is 0. The summed E-state index contributed by atoms with van der Waals surface area (Å²) >= 11 is 0. The highest BCUT2D eigenvalue weighted by molar-refractivity contribution is 5.46. The molecule has 2 N–H and O–H groups in total. The van der Waals surface area contributed by atoms with E-state index in [0.717, 1.165) is 12.8 Å². The van der Waals surface area contributed by atoms with Crippen LogP contribution in [0.5, 0.6) is 5.88 Å². The van der Waals surface area contributed by atoms with Crippen LogP contribution in [0, 0.1) is 0 Å². The van der Waals surface area contributed by atoms with Crippen molar-refractivity contribution in [2.24, 2.45) is 0 Å². The molecule has 3 rings (SSSR count). The van der Waals surface area contributed by atoms with Crippen molar-refractivity contribution < 1.29 is 4.74 Å². The van der Waals surface area contributed by atoms with E-state index in [-0.39, 0.29) is 6.10 Å². The lowest BCUT2D eigenvalue weighted by Gasteiger charge is -2.36. The predicted octanol–water partition coefficient (Wildman–Crippen LogP) is 1.67. The van der Waals surface area contributed by atoms with Gasteiger partial charge in [0.25, 0.3) is 0 Å². The van der Waals surface area contributed by atoms with Crippen LogP contribution in [0.4, 0.5) is 5.69 Å². The number of fused-ring (bicyclic) bond motifs is 2. The Bertz CT molecular complexity index is 395. The molecule has 0 aliphatic carbocycles. The highest BCUT2D eigenvalue weighted by Gasteiger charge is 2.39. The summed E-state index contributed by atoms with van der Waals surface area (Å²) in [4.78, 5) is 6.70. The van der Waals surface area contributed by atoms with Crippen LogP contribution in [0.1, 0.15) is 25.7 Å². The van der Waals surface area contributed by atoms with Crippen LogP contribution in [-0.2, 0) is 0 Å². The molecule has 2 fully saturated rings. The van der Waals surface area contributed by atoms with Crippen LogP contribution >= 0.6 is 0 Å². The molecular weight excluding hydrogens is 214 g/mol. The second-order valence-electron chi connectivity index (χ2n) is 5.16. The van der Waals surface area contributed by atoms with E-state index in [2.05, 4.69) is 16.9 Å². The van der Waals surface area contributed by atoms with Crippen LogP contribution < -0.4 is 10.5 Å². The number of ether oxygens (including phenoxy) is 1. The zero-order chi connectivity index (χ0) is 11.8. The summed E-state index contributed by atoms with van der Waals surface area (Å²) in [7, 11) is 2.23. The summed E-state index contributed by atoms with van der Waals surface area (Å²) in [6.07, 6.45) is 6.82. The first kappa shape index (κ1) is 10.8. The van der Waals surface area contributed by atoms with E-state index in [9.17, 15) is 0 Å². The highest BCUT2D eigenvalue weighted by atomic mass is 16.5. The van der Waals surface area contributed by atoms with E-state index in [4.69, 9.17) is 10.5 Å². The van der Waals surface area contributed by atoms with Crippen molar-refractivity contribution in [3.63, 3.8) is 0 Å². The van der Waals surface area contributed by atoms with Crippen LogP contribution in [0.3, 0.4) is 0 Å². The SMILES string of the molecule is CN1[C@@H]2CC[C@H]1CC(Oc1ncccc1N)C2. The van der Waals surface area contributed by atoms with Gasteiger partial charge in [-0.25, -0.2) is 4.98 Å². The van der Waals surface area contributed by atoms with Gasteiger partial charge in [-0.2, -0.15) is 0 Å². The minimum Gasteiger partial charge on any atom is -0.473 e. The molecule has 2 aliphatic rings. The Morgan fingerprint density at radius 2 is 2.06 bits per heavy atom. The van der Waals surface area contributed by atoms with Gasteiger partial charge in [-0.3, -0.25) is 0 Å². The summed E-state index contributed by atoms with van der Waals surface area (Å²) < 4.78 is 5.95. The first-order valence-electron chi connectivity index (χ1n) is 6.33. The lowest BCUT2D eigenvalue weighted by Crippen LogP contribution is -2.43. The van der Waals surface area contributed by atoms with Gasteiger partial charge in [0.1, 0.15) is 6.10 Å². The topological polar surface area (TPSA) is 51.4 Å². The van der Waals surface area contributed by atoms with Crippen molar-refractivity contribution in [3.8, 4) is 5.88 Å². The number of hydrogen-bond acceptors (Lipinski definition) is 4. The average Bonchev–Trinajstić information content (AvgIpc) is 2.55. The summed E-state index contributed by atoms with van der Waals surface area (Å²) in [6.45, 7) is 0. The van der Waals surface area contributed by atoms with Crippen LogP contribution in [0.15, 0.2) is 18.3 Å². The van der Waals surface area contributed by atoms with Crippen molar-refractivity contribution >= 4 is 5.69 Å². The standard InChI is InChI=1S/C13H19N3O/c1-16-9-4-5-10(16)8-11(7-9)17-13-12(14)3-2-6-15-13/h2-3,6,9-11H,4-5,7-8,14H2,1H3/t9-,10+,11?. The number of piperidine rings is 1. The van der Waals surface area contributed by atoms with Gasteiger partial charge < -0.3 is 15.4 Å². The first-order valence-corrected chi connectivity index (χ1v) is 6.33. The Kier molecular flexibility index (Phi) is 2.67. The zero-order valence-electron chi connectivity index (χ0n) is 10.2. The minimum atomic E-state index is 0.279. The number of nitrogens with zero attached hydrogens (tertiary/aromatic N) is 2. The number of nitrogen functional groups attached to an aromatic ring is 1. The lowest BCUT2D eigenvalue weighted by molar-refractivity contribution is 0.0638. The summed E-state index contributed by atoms with van der Waals surface area (Å²) in [5.74, 6) is 0.599. The average molecular weight is 233 g/mol. The molecule has 0 aromatic carbocycles. The summed E-state index contributed by atoms with van der Waals surface area (Å²) in [6, 6.07) is 5.04. The highest BCUT2D eigenvalue weighted by Crippen LogP contribution is 2.36. The van der Waals surface area contributed by atoms with E-state index < -0.39 is 0 Å². The molecule has 0 radical (unpaired) electrons. The fraction of sp³-hybridized carbons (Fsp3) is 0.615. The van der Waals surface area contributed by atoms with Gasteiger partial charge in [0.15, 0.2) is 0 Å². The molecular formula is C13H19N3O. The molecule has 1 unspecified atom stereocenters. The third-order valence-corrected chi connectivity index (χ3v) is 4.13. The normalized spacial score (nSPS) is 32.6. The van der Waals surface area contributed by atoms with Gasteiger partial charge in [0.05, 0.1) is 5.69 Å². The Morgan fingerprint density at radius 1 is 1.35 bits per heavy atom. The Morgan fingerprint density at radius 3 is 2.71 bits per heavy atom. The van der Waals surface area contributed by atoms with E-state index in [0.29, 0.717) is 23.7 Å². The minimum absolute atomic E-state index is 0.279. The molecule has 2 aliphatic heterocycles. The molecule has 0 saturated carbocycles. The smallest absolute Gasteiger partial charge is 0.237 e. The number of nitrogens with two attached hydrogens (primary N) is 1. The molecule has 0 amide bonds. The molecule has 3 heterocycles. The molecule has 1 aromatic heterocycles. The molecule has 1 aromatic rings. The van der Waals surface area contributed by atoms with Crippen molar-refractivity contribution in [1.82, 2.24) is 9.88 Å². The van der Waals surface area contributed by atoms with E-state index in [1.807, 2.05) is 12.1 Å². The largest absolute Gasteiger partial charge is 0.473 e. The molecule has 2 bridgehead atoms. The maximum atomic E-state index is 5.95. The molecule has 0 spiro atoms. The molecule has 4 heteroatoms. The second kappa shape index (κ2) is 4.18. The number of pyridine rings is 1. The van der Waals surface area contributed by atoms with Gasteiger partial charge in [0, 0.05) is 18.3 Å². The van der Waals surface area contributed by atoms with Crippen molar-refractivity contribution in [2.75, 3.05) is 12.8 Å². The fourth-order valence-electron chi connectivity index (χ4n) is 3.12. The number of hydrogen-bond donors (Lipinski definition) is 1. The molecule has 4 nitrogen and oxygen atoms in total. The van der Waals surface area contributed by atoms with Crippen molar-refractivity contribution in [1.29, 1.82) is 0 Å². The summed E-state index contributed by atoms with van der Waals surface area (Å²) in [5.41, 5.74) is 6.49. The Hall–Kier alpha value is -1.29. The number of rotatable bonds is 2. The predicted molar refractivity (Wildman–Crippen MR) is 66.9 cm³/mol. The molecule has 2 saturated heterocycles. The Balaban J connectivity index is 1.70. The van der Waals surface area contributed by atoms with E-state index in [1.54, 1.807) is 6.20 Å². The molecule has 92 valence electrons. The van der Waals surface area contributed by atoms with Crippen molar-refractivity contribution in [3.05, 3.63) is 18.3 Å². The maximum absolute atomic E-state index is 5.95. The number of aromatic nitrogens is 1. The van der Waals surface area contributed by atoms with Crippen LogP contribution in [-0.4, -0.2) is 35.1 Å². The maximum Gasteiger partial charge on any atom is 0.237 e. The Labute approximate surface area is 102 Å². The van der Waals surface area contributed by atoms with E-state index >= 15 is 0 Å². The van der Waals surface area contributed by atoms with Gasteiger partial charge in [-0.05, 0) is 44.9 Å². The second-order valence-corrected chi connectivity index (χ2v) is 5.16. The first-order chi connectivity index (χ1) is 8.24. The lowest BCUT2D eigenvalue weighted by atomic mass is 10.0. The molecule has 3 atom stereocenters. The fourth-order valence-corrected chi connectivity index (χ4v) is 3.12. The van der Waals surface area contributed by atoms with Crippen molar-refractivity contribution in [2.45, 2.75) is 43.9 Å². The monoisotopic (exact) mass is 233 g/mol.